The van der Waals surface area contributed by atoms with Crippen molar-refractivity contribution in [2.75, 3.05) is 26.8 Å². The lowest BCUT2D eigenvalue weighted by atomic mass is 9.96. The Morgan fingerprint density at radius 2 is 1.43 bits per heavy atom. The number of carbonyl (C=O) groups excluding carboxylic acids is 2. The molecule has 2 aliphatic rings. The summed E-state index contributed by atoms with van der Waals surface area (Å²) in [6.07, 6.45) is 1.12. The minimum Gasteiger partial charge on any atom is -0.481 e. The molecule has 214 valence electrons. The van der Waals surface area contributed by atoms with Crippen molar-refractivity contribution in [2.45, 2.75) is 33.1 Å². The second kappa shape index (κ2) is 14.4. The molecule has 12 heteroatoms. The maximum absolute atomic E-state index is 11.8. The van der Waals surface area contributed by atoms with Crippen LogP contribution in [0.15, 0.2) is 42.0 Å². The zero-order valence-electron chi connectivity index (χ0n) is 22.0. The fraction of sp³-hybridized carbons (Fsp3) is 0.357. The first kappa shape index (κ1) is 29.8. The quantitative estimate of drug-likeness (QED) is 0.305. The smallest absolute Gasteiger partial charge is 0.334 e. The van der Waals surface area contributed by atoms with Crippen LogP contribution in [-0.4, -0.2) is 60.9 Å². The summed E-state index contributed by atoms with van der Waals surface area (Å²) in [5.41, 5.74) is 1.55. The van der Waals surface area contributed by atoms with Crippen LogP contribution in [0.2, 0.25) is 0 Å². The SMILES string of the molecule is CCOC(=O)/C(=C\c1ccc2c(c1)OCO2)CC(=O)O.CCOC(=O)C(CC(=O)O)Cc1ccc2c(c1)OCO2. The summed E-state index contributed by atoms with van der Waals surface area (Å²) in [6.45, 7) is 4.11. The van der Waals surface area contributed by atoms with Crippen molar-refractivity contribution < 1.29 is 57.8 Å². The van der Waals surface area contributed by atoms with Gasteiger partial charge in [-0.2, -0.15) is 0 Å². The van der Waals surface area contributed by atoms with Crippen molar-refractivity contribution in [1.82, 2.24) is 0 Å². The van der Waals surface area contributed by atoms with E-state index in [2.05, 4.69) is 0 Å². The van der Waals surface area contributed by atoms with Crippen molar-refractivity contribution in [2.24, 2.45) is 5.92 Å². The minimum absolute atomic E-state index is 0.0817. The molecule has 40 heavy (non-hydrogen) atoms. The molecule has 2 heterocycles. The molecule has 1 atom stereocenters. The average molecular weight is 559 g/mol. The van der Waals surface area contributed by atoms with Crippen molar-refractivity contribution >= 4 is 30.0 Å². The third-order valence-electron chi connectivity index (χ3n) is 5.58. The van der Waals surface area contributed by atoms with Crippen molar-refractivity contribution in [3.63, 3.8) is 0 Å². The lowest BCUT2D eigenvalue weighted by molar-refractivity contribution is -0.152. The van der Waals surface area contributed by atoms with E-state index in [0.717, 1.165) is 5.56 Å². The highest BCUT2D eigenvalue weighted by molar-refractivity contribution is 5.98. The molecule has 2 aliphatic heterocycles. The molecule has 0 amide bonds. The Morgan fingerprint density at radius 1 is 0.825 bits per heavy atom. The maximum atomic E-state index is 11.8. The summed E-state index contributed by atoms with van der Waals surface area (Å²) in [7, 11) is 0. The monoisotopic (exact) mass is 558 g/mol. The standard InChI is InChI=1S/C14H16O6.C14H14O6/c2*1-2-18-14(17)10(7-13(15)16)5-9-3-4-11-12(6-9)20-8-19-11/h3-4,6,10H,2,5,7-8H2,1H3,(H,15,16);3-6H,2,7-8H2,1H3,(H,15,16)/b;10-5-. The minimum atomic E-state index is -1.09. The molecule has 0 fully saturated rings. The highest BCUT2D eigenvalue weighted by Gasteiger charge is 2.24. The molecule has 0 spiro atoms. The van der Waals surface area contributed by atoms with E-state index in [9.17, 15) is 19.2 Å². The molecule has 0 radical (unpaired) electrons. The molecule has 0 saturated heterocycles. The predicted molar refractivity (Wildman–Crippen MR) is 138 cm³/mol. The molecule has 0 bridgehead atoms. The summed E-state index contributed by atoms with van der Waals surface area (Å²) in [6, 6.07) is 10.4. The molecule has 2 aromatic carbocycles. The van der Waals surface area contributed by atoms with Gasteiger partial charge in [-0.25, -0.2) is 4.79 Å². The van der Waals surface area contributed by atoms with E-state index in [4.69, 9.17) is 38.6 Å². The van der Waals surface area contributed by atoms with Crippen LogP contribution >= 0.6 is 0 Å². The van der Waals surface area contributed by atoms with Crippen LogP contribution in [0.3, 0.4) is 0 Å². The number of fused-ring (bicyclic) bond motifs is 2. The summed E-state index contributed by atoms with van der Waals surface area (Å²) in [4.78, 5) is 45.1. The van der Waals surface area contributed by atoms with E-state index in [0.29, 0.717) is 35.0 Å². The lowest BCUT2D eigenvalue weighted by Crippen LogP contribution is -2.23. The first-order valence-electron chi connectivity index (χ1n) is 12.5. The summed E-state index contributed by atoms with van der Waals surface area (Å²) < 4.78 is 30.6. The van der Waals surface area contributed by atoms with Crippen LogP contribution in [0, 0.1) is 5.92 Å². The van der Waals surface area contributed by atoms with Gasteiger partial charge in [0.15, 0.2) is 23.0 Å². The van der Waals surface area contributed by atoms with Gasteiger partial charge < -0.3 is 38.6 Å². The maximum Gasteiger partial charge on any atom is 0.334 e. The zero-order valence-corrected chi connectivity index (χ0v) is 22.0. The fourth-order valence-corrected chi connectivity index (χ4v) is 3.84. The lowest BCUT2D eigenvalue weighted by Gasteiger charge is -2.13. The Morgan fingerprint density at radius 3 is 2.02 bits per heavy atom. The van der Waals surface area contributed by atoms with Crippen LogP contribution < -0.4 is 18.9 Å². The van der Waals surface area contributed by atoms with Crippen molar-refractivity contribution in [1.29, 1.82) is 0 Å². The van der Waals surface area contributed by atoms with Gasteiger partial charge in [0.05, 0.1) is 32.0 Å². The van der Waals surface area contributed by atoms with Gasteiger partial charge in [0.2, 0.25) is 13.6 Å². The zero-order chi connectivity index (χ0) is 29.1. The van der Waals surface area contributed by atoms with E-state index < -0.39 is 36.2 Å². The Balaban J connectivity index is 0.000000220. The summed E-state index contributed by atoms with van der Waals surface area (Å²) in [5.74, 6) is -1.49. The normalized spacial score (nSPS) is 13.5. The number of benzene rings is 2. The van der Waals surface area contributed by atoms with Crippen molar-refractivity contribution in [3.05, 3.63) is 53.1 Å². The van der Waals surface area contributed by atoms with Gasteiger partial charge in [-0.15, -0.1) is 0 Å². The molecule has 4 rings (SSSR count). The second-order valence-electron chi connectivity index (χ2n) is 8.51. The van der Waals surface area contributed by atoms with Crippen LogP contribution in [0.5, 0.6) is 23.0 Å². The highest BCUT2D eigenvalue weighted by atomic mass is 16.7. The van der Waals surface area contributed by atoms with E-state index in [1.807, 2.05) is 0 Å². The fourth-order valence-electron chi connectivity index (χ4n) is 3.84. The molecule has 0 aromatic heterocycles. The van der Waals surface area contributed by atoms with Crippen LogP contribution in [0.25, 0.3) is 6.08 Å². The summed E-state index contributed by atoms with van der Waals surface area (Å²) in [5, 5.41) is 17.7. The van der Waals surface area contributed by atoms with Gasteiger partial charge in [0, 0.05) is 5.57 Å². The Bertz CT molecular complexity index is 1270. The number of esters is 2. The van der Waals surface area contributed by atoms with Gasteiger partial charge in [0.25, 0.3) is 0 Å². The van der Waals surface area contributed by atoms with Gasteiger partial charge in [0.1, 0.15) is 0 Å². The Hall–Kier alpha value is -4.74. The van der Waals surface area contributed by atoms with E-state index in [1.54, 1.807) is 50.2 Å². The third kappa shape index (κ3) is 8.65. The molecule has 1 unspecified atom stereocenters. The molecular weight excluding hydrogens is 528 g/mol. The van der Waals surface area contributed by atoms with E-state index in [1.165, 1.54) is 6.08 Å². The molecule has 2 aromatic rings. The largest absolute Gasteiger partial charge is 0.481 e. The third-order valence-corrected chi connectivity index (χ3v) is 5.58. The number of hydrogen-bond donors (Lipinski definition) is 2. The Labute approximate surface area is 230 Å². The van der Waals surface area contributed by atoms with Gasteiger partial charge >= 0.3 is 23.9 Å². The first-order chi connectivity index (χ1) is 19.2. The second-order valence-corrected chi connectivity index (χ2v) is 8.51. The number of carboxylic acids is 2. The van der Waals surface area contributed by atoms with Crippen molar-refractivity contribution in [3.8, 4) is 23.0 Å². The number of ether oxygens (including phenoxy) is 6. The number of hydrogen-bond acceptors (Lipinski definition) is 10. The molecule has 0 saturated carbocycles. The van der Waals surface area contributed by atoms with E-state index >= 15 is 0 Å². The number of carbonyl (C=O) groups is 4. The van der Waals surface area contributed by atoms with E-state index in [-0.39, 0.29) is 38.8 Å². The molecule has 12 nitrogen and oxygen atoms in total. The van der Waals surface area contributed by atoms with Gasteiger partial charge in [-0.1, -0.05) is 12.1 Å². The van der Waals surface area contributed by atoms with Gasteiger partial charge in [-0.3, -0.25) is 14.4 Å². The first-order valence-corrected chi connectivity index (χ1v) is 12.5. The molecule has 0 aliphatic carbocycles. The number of rotatable bonds is 11. The Kier molecular flexibility index (Phi) is 10.7. The number of aliphatic carboxylic acids is 2. The topological polar surface area (TPSA) is 164 Å². The number of carboxylic acid groups (broad SMARTS) is 2. The predicted octanol–water partition coefficient (Wildman–Crippen LogP) is 3.45. The summed E-state index contributed by atoms with van der Waals surface area (Å²) >= 11 is 0. The van der Waals surface area contributed by atoms with Crippen LogP contribution in [0.1, 0.15) is 37.8 Å². The van der Waals surface area contributed by atoms with Crippen LogP contribution in [0.4, 0.5) is 0 Å². The molecule has 2 N–H and O–H groups in total. The van der Waals surface area contributed by atoms with Gasteiger partial charge in [-0.05, 0) is 61.7 Å². The van der Waals surface area contributed by atoms with Crippen LogP contribution in [-0.2, 0) is 35.1 Å². The highest BCUT2D eigenvalue weighted by Crippen LogP contribution is 2.34. The average Bonchev–Trinajstić information content (AvgIpc) is 3.57. The molecular formula is C28H30O12.